The number of hydrogen-bond acceptors (Lipinski definition) is 3. The Balaban J connectivity index is 4.51. The summed E-state index contributed by atoms with van der Waals surface area (Å²) in [6, 6.07) is 0. The Labute approximate surface area is 83.1 Å². The highest BCUT2D eigenvalue weighted by Gasteiger charge is 2.34. The molecular formula is C8H20O3Si2. The van der Waals surface area contributed by atoms with Crippen LogP contribution in [0, 0.1) is 0 Å². The summed E-state index contributed by atoms with van der Waals surface area (Å²) in [5.74, 6) is 0. The van der Waals surface area contributed by atoms with E-state index in [9.17, 15) is 0 Å². The Hall–Kier alpha value is 0.0538. The van der Waals surface area contributed by atoms with Crippen LogP contribution in [0.4, 0.5) is 0 Å². The summed E-state index contributed by atoms with van der Waals surface area (Å²) in [6.07, 6.45) is 0. The van der Waals surface area contributed by atoms with Gasteiger partial charge in [0.25, 0.3) is 0 Å². The van der Waals surface area contributed by atoms with Crippen molar-refractivity contribution in [2.75, 3.05) is 21.3 Å². The fourth-order valence-corrected chi connectivity index (χ4v) is 4.53. The number of rotatable bonds is 5. The van der Waals surface area contributed by atoms with E-state index in [0.29, 0.717) is 0 Å². The first-order valence-corrected chi connectivity index (χ1v) is 9.63. The molecule has 3 nitrogen and oxygen atoms in total. The van der Waals surface area contributed by atoms with Crippen molar-refractivity contribution in [1.29, 1.82) is 0 Å². The summed E-state index contributed by atoms with van der Waals surface area (Å²) in [5, 5.41) is 0. The molecular weight excluding hydrogens is 200 g/mol. The number of hydrogen-bond donors (Lipinski definition) is 0. The molecule has 0 spiro atoms. The molecule has 5 heteroatoms. The van der Waals surface area contributed by atoms with E-state index in [1.165, 1.54) is 0 Å². The summed E-state index contributed by atoms with van der Waals surface area (Å²) in [7, 11) is 1.18. The third kappa shape index (κ3) is 4.73. The van der Waals surface area contributed by atoms with E-state index in [-0.39, 0.29) is 0 Å². The van der Waals surface area contributed by atoms with Crippen LogP contribution in [0.3, 0.4) is 0 Å². The lowest BCUT2D eigenvalue weighted by atomic mass is 11.2. The Morgan fingerprint density at radius 1 is 0.769 bits per heavy atom. The lowest BCUT2D eigenvalue weighted by molar-refractivity contribution is 0.138. The lowest BCUT2D eigenvalue weighted by Gasteiger charge is -2.21. The van der Waals surface area contributed by atoms with Crippen LogP contribution in [0.25, 0.3) is 0 Å². The molecule has 0 atom stereocenters. The summed E-state index contributed by atoms with van der Waals surface area (Å²) >= 11 is 0. The van der Waals surface area contributed by atoms with Gasteiger partial charge in [-0.3, -0.25) is 0 Å². The normalized spacial score (nSPS) is 14.0. The fourth-order valence-electron chi connectivity index (χ4n) is 0.806. The predicted octanol–water partition coefficient (Wildman–Crippen LogP) is 1.84. The molecule has 0 aliphatic heterocycles. The molecule has 0 aliphatic carbocycles. The van der Waals surface area contributed by atoms with E-state index in [0.717, 1.165) is 0 Å². The Morgan fingerprint density at radius 2 is 1.15 bits per heavy atom. The maximum absolute atomic E-state index is 5.26. The molecule has 78 valence electrons. The van der Waals surface area contributed by atoms with Crippen LogP contribution in [0.1, 0.15) is 0 Å². The van der Waals surface area contributed by atoms with E-state index in [4.69, 9.17) is 13.3 Å². The van der Waals surface area contributed by atoms with Gasteiger partial charge >= 0.3 is 8.80 Å². The third-order valence-corrected chi connectivity index (χ3v) is 5.42. The monoisotopic (exact) mass is 220 g/mol. The standard InChI is InChI=1S/C8H20O3Si2/c1-9-13(10-2,11-3)8-7-12(4,5)6/h7-8H,1-6H3/b8-7-. The average molecular weight is 220 g/mol. The zero-order chi connectivity index (χ0) is 10.5. The van der Waals surface area contributed by atoms with Gasteiger partial charge in [0.15, 0.2) is 0 Å². The van der Waals surface area contributed by atoms with Gasteiger partial charge in [-0.1, -0.05) is 25.3 Å². The predicted molar refractivity (Wildman–Crippen MR) is 59.3 cm³/mol. The average Bonchev–Trinajstić information content (AvgIpc) is 2.06. The van der Waals surface area contributed by atoms with Gasteiger partial charge in [0, 0.05) is 21.3 Å². The lowest BCUT2D eigenvalue weighted by Crippen LogP contribution is -2.41. The SMILES string of the molecule is CO[Si](/C=C\[Si](C)(C)C)(OC)OC. The molecule has 0 fully saturated rings. The Kier molecular flexibility index (Phi) is 5.09. The first kappa shape index (κ1) is 13.1. The van der Waals surface area contributed by atoms with E-state index < -0.39 is 16.9 Å². The molecule has 0 radical (unpaired) electrons. The minimum Gasteiger partial charge on any atom is -0.374 e. The van der Waals surface area contributed by atoms with Gasteiger partial charge in [-0.25, -0.2) is 0 Å². The van der Waals surface area contributed by atoms with Crippen molar-refractivity contribution in [3.8, 4) is 0 Å². The van der Waals surface area contributed by atoms with Crippen molar-refractivity contribution in [3.05, 3.63) is 11.4 Å². The highest BCUT2D eigenvalue weighted by molar-refractivity contribution is 6.82. The van der Waals surface area contributed by atoms with E-state index >= 15 is 0 Å². The minimum atomic E-state index is -2.47. The topological polar surface area (TPSA) is 27.7 Å². The van der Waals surface area contributed by atoms with Crippen LogP contribution in [0.5, 0.6) is 0 Å². The van der Waals surface area contributed by atoms with Crippen LogP contribution in [0.2, 0.25) is 19.6 Å². The second-order valence-electron chi connectivity index (χ2n) is 3.92. The first-order valence-electron chi connectivity index (χ1n) is 4.25. The maximum Gasteiger partial charge on any atom is 0.528 e. The second-order valence-corrected chi connectivity index (χ2v) is 11.7. The molecule has 0 heterocycles. The van der Waals surface area contributed by atoms with Gasteiger partial charge < -0.3 is 13.3 Å². The molecule has 0 aliphatic rings. The summed E-state index contributed by atoms with van der Waals surface area (Å²) in [6.45, 7) is 6.76. The molecule has 0 N–H and O–H groups in total. The summed E-state index contributed by atoms with van der Waals surface area (Å²) in [5.41, 5.74) is 4.16. The summed E-state index contributed by atoms with van der Waals surface area (Å²) < 4.78 is 15.8. The summed E-state index contributed by atoms with van der Waals surface area (Å²) in [4.78, 5) is 0. The molecule has 0 aromatic rings. The maximum atomic E-state index is 5.26. The van der Waals surface area contributed by atoms with Crippen LogP contribution in [-0.2, 0) is 13.3 Å². The minimum absolute atomic E-state index is 1.20. The van der Waals surface area contributed by atoms with Crippen molar-refractivity contribution in [3.63, 3.8) is 0 Å². The van der Waals surface area contributed by atoms with Crippen LogP contribution in [-0.4, -0.2) is 38.2 Å². The van der Waals surface area contributed by atoms with Crippen molar-refractivity contribution in [2.24, 2.45) is 0 Å². The zero-order valence-electron chi connectivity index (χ0n) is 9.38. The molecule has 0 saturated heterocycles. The van der Waals surface area contributed by atoms with Crippen LogP contribution < -0.4 is 0 Å². The van der Waals surface area contributed by atoms with Gasteiger partial charge in [-0.2, -0.15) is 0 Å². The Morgan fingerprint density at radius 3 is 1.38 bits per heavy atom. The van der Waals surface area contributed by atoms with E-state index in [1.54, 1.807) is 21.3 Å². The Bertz CT molecular complexity index is 162. The largest absolute Gasteiger partial charge is 0.528 e. The van der Waals surface area contributed by atoms with E-state index in [2.05, 4.69) is 25.3 Å². The third-order valence-electron chi connectivity index (χ3n) is 1.64. The molecule has 0 rings (SSSR count). The smallest absolute Gasteiger partial charge is 0.374 e. The second kappa shape index (κ2) is 5.06. The molecule has 0 saturated carbocycles. The van der Waals surface area contributed by atoms with Crippen LogP contribution >= 0.6 is 0 Å². The van der Waals surface area contributed by atoms with Crippen molar-refractivity contribution >= 4 is 16.9 Å². The van der Waals surface area contributed by atoms with Crippen molar-refractivity contribution in [1.82, 2.24) is 0 Å². The molecule has 0 aromatic heterocycles. The zero-order valence-corrected chi connectivity index (χ0v) is 11.4. The quantitative estimate of drug-likeness (QED) is 0.662. The van der Waals surface area contributed by atoms with E-state index in [1.807, 2.05) is 5.70 Å². The fraction of sp³-hybridized carbons (Fsp3) is 0.750. The van der Waals surface area contributed by atoms with Gasteiger partial charge in [0.2, 0.25) is 0 Å². The molecule has 0 amide bonds. The highest BCUT2D eigenvalue weighted by Crippen LogP contribution is 2.11. The van der Waals surface area contributed by atoms with Gasteiger partial charge in [-0.05, 0) is 5.70 Å². The van der Waals surface area contributed by atoms with Crippen LogP contribution in [0.15, 0.2) is 11.4 Å². The first-order chi connectivity index (χ1) is 5.89. The molecule has 0 aromatic carbocycles. The van der Waals surface area contributed by atoms with Gasteiger partial charge in [-0.15, -0.1) is 0 Å². The van der Waals surface area contributed by atoms with Crippen molar-refractivity contribution in [2.45, 2.75) is 19.6 Å². The van der Waals surface area contributed by atoms with Crippen molar-refractivity contribution < 1.29 is 13.3 Å². The molecule has 0 unspecified atom stereocenters. The van der Waals surface area contributed by atoms with Gasteiger partial charge in [0.1, 0.15) is 0 Å². The molecule has 0 bridgehead atoms. The highest BCUT2D eigenvalue weighted by atomic mass is 28.4. The molecule has 13 heavy (non-hydrogen) atoms. The van der Waals surface area contributed by atoms with Gasteiger partial charge in [0.05, 0.1) is 8.07 Å².